The number of amides is 1. The van der Waals surface area contributed by atoms with E-state index in [1.807, 2.05) is 19.9 Å². The van der Waals surface area contributed by atoms with Crippen LogP contribution in [0.1, 0.15) is 36.4 Å². The van der Waals surface area contributed by atoms with Crippen molar-refractivity contribution in [3.8, 4) is 11.3 Å². The fourth-order valence-corrected chi connectivity index (χ4v) is 2.86. The van der Waals surface area contributed by atoms with Crippen LogP contribution < -0.4 is 5.32 Å². The Morgan fingerprint density at radius 1 is 1.15 bits per heavy atom. The van der Waals surface area contributed by atoms with Gasteiger partial charge in [0.15, 0.2) is 0 Å². The van der Waals surface area contributed by atoms with Crippen molar-refractivity contribution in [2.45, 2.75) is 39.3 Å². The van der Waals surface area contributed by atoms with Gasteiger partial charge in [0, 0.05) is 5.56 Å². The van der Waals surface area contributed by atoms with E-state index in [-0.39, 0.29) is 36.9 Å². The molecule has 0 aliphatic heterocycles. The molecular formula is C24H30N2O8. The Bertz CT molecular complexity index is 971. The summed E-state index contributed by atoms with van der Waals surface area (Å²) in [4.78, 5) is 36.9. The predicted molar refractivity (Wildman–Crippen MR) is 122 cm³/mol. The van der Waals surface area contributed by atoms with Crippen LogP contribution in [0.4, 0.5) is 4.79 Å². The van der Waals surface area contributed by atoms with Crippen molar-refractivity contribution in [2.75, 3.05) is 19.8 Å². The maximum absolute atomic E-state index is 12.8. The molecule has 0 aliphatic rings. The molecule has 2 atom stereocenters. The Morgan fingerprint density at radius 2 is 1.85 bits per heavy atom. The van der Waals surface area contributed by atoms with Gasteiger partial charge in [-0.1, -0.05) is 62.0 Å². The van der Waals surface area contributed by atoms with Crippen molar-refractivity contribution in [1.82, 2.24) is 10.5 Å². The average molecular weight is 475 g/mol. The number of esters is 2. The van der Waals surface area contributed by atoms with Crippen LogP contribution in [0.25, 0.3) is 11.3 Å². The van der Waals surface area contributed by atoms with Gasteiger partial charge >= 0.3 is 18.0 Å². The summed E-state index contributed by atoms with van der Waals surface area (Å²) in [5.74, 6) is -1.04. The first-order valence-electron chi connectivity index (χ1n) is 10.8. The zero-order valence-corrected chi connectivity index (χ0v) is 19.5. The highest BCUT2D eigenvalue weighted by atomic mass is 16.6. The third-order valence-electron chi connectivity index (χ3n) is 4.56. The van der Waals surface area contributed by atoms with Gasteiger partial charge in [0.1, 0.15) is 36.3 Å². The van der Waals surface area contributed by atoms with Gasteiger partial charge in [-0.15, -0.1) is 0 Å². The lowest BCUT2D eigenvalue weighted by Gasteiger charge is -2.23. The smallest absolute Gasteiger partial charge is 0.407 e. The number of nitrogens with one attached hydrogen (secondary N) is 1. The first-order chi connectivity index (χ1) is 16.2. The standard InChI is InChI=1S/C24H30N2O8/c1-5-11-31-24(30)25-18(12-20(28)32-13-15(2)3)19(27)14-33-23(29)21-16(4)34-26-22(21)17-9-7-6-8-10-17/h5-10,15,18-19,27H,1,11-14H2,2-4H3,(H,25,30)/t18-,19?/m0/s1. The number of hydrogen-bond donors (Lipinski definition) is 2. The molecule has 1 amide bonds. The molecule has 0 aliphatic carbocycles. The normalized spacial score (nSPS) is 12.5. The number of carbonyl (C=O) groups excluding carboxylic acids is 3. The monoisotopic (exact) mass is 474 g/mol. The van der Waals surface area contributed by atoms with Crippen LogP contribution in [-0.4, -0.2) is 60.3 Å². The second-order valence-electron chi connectivity index (χ2n) is 7.91. The van der Waals surface area contributed by atoms with Crippen LogP contribution >= 0.6 is 0 Å². The summed E-state index contributed by atoms with van der Waals surface area (Å²) in [7, 11) is 0. The molecule has 0 fully saturated rings. The molecule has 184 valence electrons. The highest BCUT2D eigenvalue weighted by molar-refractivity contribution is 5.97. The van der Waals surface area contributed by atoms with Crippen molar-refractivity contribution in [1.29, 1.82) is 0 Å². The molecule has 1 heterocycles. The first-order valence-corrected chi connectivity index (χ1v) is 10.8. The number of nitrogens with zero attached hydrogens (tertiary/aromatic N) is 1. The zero-order valence-electron chi connectivity index (χ0n) is 19.5. The molecule has 1 unspecified atom stereocenters. The molecule has 0 radical (unpaired) electrons. The summed E-state index contributed by atoms with van der Waals surface area (Å²) in [5.41, 5.74) is 1.08. The number of aliphatic hydroxyl groups excluding tert-OH is 1. The number of aryl methyl sites for hydroxylation is 1. The summed E-state index contributed by atoms with van der Waals surface area (Å²) >= 11 is 0. The van der Waals surface area contributed by atoms with E-state index >= 15 is 0 Å². The molecule has 0 spiro atoms. The molecule has 2 N–H and O–H groups in total. The maximum atomic E-state index is 12.8. The Labute approximate surface area is 197 Å². The number of hydrogen-bond acceptors (Lipinski definition) is 9. The lowest BCUT2D eigenvalue weighted by molar-refractivity contribution is -0.146. The number of rotatable bonds is 12. The molecule has 2 aromatic rings. The topological polar surface area (TPSA) is 137 Å². The van der Waals surface area contributed by atoms with Gasteiger partial charge < -0.3 is 29.2 Å². The number of alkyl carbamates (subject to hydrolysis) is 1. The predicted octanol–water partition coefficient (Wildman–Crippen LogP) is 3.04. The van der Waals surface area contributed by atoms with Crippen molar-refractivity contribution in [3.05, 3.63) is 54.3 Å². The molecule has 10 nitrogen and oxygen atoms in total. The number of carbonyl (C=O) groups is 3. The average Bonchev–Trinajstić information content (AvgIpc) is 3.21. The van der Waals surface area contributed by atoms with Crippen LogP contribution in [-0.2, 0) is 19.0 Å². The minimum atomic E-state index is -1.42. The van der Waals surface area contributed by atoms with Crippen molar-refractivity contribution < 1.29 is 38.2 Å². The summed E-state index contributed by atoms with van der Waals surface area (Å²) in [6.45, 7) is 8.38. The highest BCUT2D eigenvalue weighted by Gasteiger charge is 2.29. The van der Waals surface area contributed by atoms with E-state index in [1.54, 1.807) is 31.2 Å². The largest absolute Gasteiger partial charge is 0.465 e. The van der Waals surface area contributed by atoms with E-state index in [2.05, 4.69) is 17.1 Å². The van der Waals surface area contributed by atoms with Gasteiger partial charge in [-0.3, -0.25) is 4.79 Å². The third-order valence-corrected chi connectivity index (χ3v) is 4.56. The van der Waals surface area contributed by atoms with E-state index in [0.717, 1.165) is 0 Å². The molecule has 1 aromatic carbocycles. The minimum Gasteiger partial charge on any atom is -0.465 e. The molecule has 0 saturated heterocycles. The molecule has 0 saturated carbocycles. The zero-order chi connectivity index (χ0) is 25.1. The summed E-state index contributed by atoms with van der Waals surface area (Å²) < 4.78 is 20.4. The Balaban J connectivity index is 2.07. The van der Waals surface area contributed by atoms with E-state index in [1.165, 1.54) is 6.08 Å². The molecular weight excluding hydrogens is 444 g/mol. The van der Waals surface area contributed by atoms with Crippen LogP contribution in [0.15, 0.2) is 47.5 Å². The Morgan fingerprint density at radius 3 is 2.50 bits per heavy atom. The fraction of sp³-hybridized carbons (Fsp3) is 0.417. The second-order valence-corrected chi connectivity index (χ2v) is 7.91. The third kappa shape index (κ3) is 8.04. The van der Waals surface area contributed by atoms with Crippen LogP contribution in [0.5, 0.6) is 0 Å². The van der Waals surface area contributed by atoms with Gasteiger partial charge in [0.25, 0.3) is 0 Å². The van der Waals surface area contributed by atoms with E-state index < -0.39 is 36.8 Å². The van der Waals surface area contributed by atoms with E-state index in [4.69, 9.17) is 18.7 Å². The summed E-state index contributed by atoms with van der Waals surface area (Å²) in [6.07, 6.45) is -1.27. The number of ether oxygens (including phenoxy) is 3. The molecule has 10 heteroatoms. The van der Waals surface area contributed by atoms with Crippen molar-refractivity contribution in [2.24, 2.45) is 5.92 Å². The maximum Gasteiger partial charge on any atom is 0.407 e. The fourth-order valence-electron chi connectivity index (χ4n) is 2.86. The lowest BCUT2D eigenvalue weighted by Crippen LogP contribution is -2.47. The van der Waals surface area contributed by atoms with Crippen molar-refractivity contribution >= 4 is 18.0 Å². The Hall–Kier alpha value is -3.66. The van der Waals surface area contributed by atoms with Gasteiger partial charge in [-0.25, -0.2) is 9.59 Å². The summed E-state index contributed by atoms with van der Waals surface area (Å²) in [6, 6.07) is 7.81. The Kier molecular flexibility index (Phi) is 10.3. The van der Waals surface area contributed by atoms with Crippen LogP contribution in [0, 0.1) is 12.8 Å². The molecule has 2 rings (SSSR count). The highest BCUT2D eigenvalue weighted by Crippen LogP contribution is 2.25. The summed E-state index contributed by atoms with van der Waals surface area (Å²) in [5, 5.41) is 16.9. The van der Waals surface area contributed by atoms with Crippen LogP contribution in [0.3, 0.4) is 0 Å². The minimum absolute atomic E-state index is 0.0591. The number of aliphatic hydroxyl groups is 1. The first kappa shape index (κ1) is 26.6. The van der Waals surface area contributed by atoms with E-state index in [9.17, 15) is 19.5 Å². The molecule has 1 aromatic heterocycles. The second kappa shape index (κ2) is 13.1. The van der Waals surface area contributed by atoms with Gasteiger partial charge in [0.2, 0.25) is 0 Å². The van der Waals surface area contributed by atoms with Gasteiger partial charge in [0.05, 0.1) is 19.1 Å². The number of benzene rings is 1. The van der Waals surface area contributed by atoms with Crippen molar-refractivity contribution in [3.63, 3.8) is 0 Å². The van der Waals surface area contributed by atoms with Gasteiger partial charge in [-0.05, 0) is 12.8 Å². The van der Waals surface area contributed by atoms with Gasteiger partial charge in [-0.2, -0.15) is 0 Å². The van der Waals surface area contributed by atoms with Crippen LogP contribution in [0.2, 0.25) is 0 Å². The quantitative estimate of drug-likeness (QED) is 0.270. The lowest BCUT2D eigenvalue weighted by atomic mass is 10.1. The van der Waals surface area contributed by atoms with E-state index in [0.29, 0.717) is 11.3 Å². The SMILES string of the molecule is C=CCOC(=O)N[C@@H](CC(=O)OCC(C)C)C(O)COC(=O)c1c(-c2ccccc2)noc1C. The number of aromatic nitrogens is 1. The molecule has 34 heavy (non-hydrogen) atoms. The molecule has 0 bridgehead atoms.